The van der Waals surface area contributed by atoms with Crippen molar-refractivity contribution in [2.75, 3.05) is 50.6 Å². The van der Waals surface area contributed by atoms with Gasteiger partial charge >= 0.3 is 0 Å². The minimum absolute atomic E-state index is 0.0977. The number of hydrogen-bond acceptors (Lipinski definition) is 7. The van der Waals surface area contributed by atoms with Crippen LogP contribution < -0.4 is 25.0 Å². The maximum absolute atomic E-state index is 12.8. The van der Waals surface area contributed by atoms with Gasteiger partial charge in [-0.15, -0.1) is 11.3 Å². The number of rotatable bonds is 6. The van der Waals surface area contributed by atoms with E-state index in [4.69, 9.17) is 21.7 Å². The van der Waals surface area contributed by atoms with Crippen molar-refractivity contribution < 1.29 is 19.1 Å². The Labute approximate surface area is 213 Å². The Balaban J connectivity index is 1.32. The van der Waals surface area contributed by atoms with Gasteiger partial charge in [-0.1, -0.05) is 12.1 Å². The number of nitrogens with one attached hydrogen (secondary N) is 2. The van der Waals surface area contributed by atoms with Gasteiger partial charge in [-0.3, -0.25) is 14.9 Å². The number of methoxy groups -OCH3 is 2. The summed E-state index contributed by atoms with van der Waals surface area (Å²) < 4.78 is 10.6. The van der Waals surface area contributed by atoms with Crippen molar-refractivity contribution in [3.63, 3.8) is 0 Å². The molecule has 0 atom stereocenters. The first-order valence-electron chi connectivity index (χ1n) is 11.0. The van der Waals surface area contributed by atoms with E-state index in [9.17, 15) is 9.59 Å². The van der Waals surface area contributed by atoms with Crippen molar-refractivity contribution in [2.45, 2.75) is 0 Å². The summed E-state index contributed by atoms with van der Waals surface area (Å²) in [6.07, 6.45) is 0. The van der Waals surface area contributed by atoms with E-state index in [-0.39, 0.29) is 16.6 Å². The van der Waals surface area contributed by atoms with E-state index in [1.54, 1.807) is 18.2 Å². The van der Waals surface area contributed by atoms with Crippen LogP contribution in [0.1, 0.15) is 20.0 Å². The summed E-state index contributed by atoms with van der Waals surface area (Å²) in [4.78, 5) is 30.2. The van der Waals surface area contributed by atoms with Crippen LogP contribution in [0.5, 0.6) is 11.5 Å². The molecule has 2 aromatic carbocycles. The molecular formula is C25H26N4O4S2. The molecular weight excluding hydrogens is 484 g/mol. The molecule has 2 N–H and O–H groups in total. The number of ether oxygens (including phenoxy) is 2. The van der Waals surface area contributed by atoms with Gasteiger partial charge in [0.1, 0.15) is 17.1 Å². The van der Waals surface area contributed by atoms with Gasteiger partial charge in [0.05, 0.1) is 19.1 Å². The van der Waals surface area contributed by atoms with Crippen molar-refractivity contribution in [1.82, 2.24) is 10.2 Å². The van der Waals surface area contributed by atoms with Crippen molar-refractivity contribution in [3.05, 3.63) is 70.4 Å². The minimum Gasteiger partial charge on any atom is -0.496 e. The highest BCUT2D eigenvalue weighted by Crippen LogP contribution is 2.28. The molecule has 0 radical (unpaired) electrons. The van der Waals surface area contributed by atoms with Crippen LogP contribution in [0.3, 0.4) is 0 Å². The average molecular weight is 511 g/mol. The molecule has 0 saturated carbocycles. The second-order valence-corrected chi connectivity index (χ2v) is 9.11. The molecule has 10 heteroatoms. The smallest absolute Gasteiger partial charge is 0.264 e. The zero-order valence-corrected chi connectivity index (χ0v) is 21.1. The number of carbonyl (C=O) groups is 2. The van der Waals surface area contributed by atoms with E-state index in [0.29, 0.717) is 24.6 Å². The second kappa shape index (κ2) is 11.2. The summed E-state index contributed by atoms with van der Waals surface area (Å²) in [5.41, 5.74) is 2.08. The normalized spacial score (nSPS) is 13.2. The lowest BCUT2D eigenvalue weighted by molar-refractivity contribution is 0.0751. The fourth-order valence-corrected chi connectivity index (χ4v) is 4.78. The van der Waals surface area contributed by atoms with Crippen molar-refractivity contribution >= 4 is 51.9 Å². The summed E-state index contributed by atoms with van der Waals surface area (Å²) in [6, 6.07) is 16.7. The Morgan fingerprint density at radius 3 is 2.14 bits per heavy atom. The van der Waals surface area contributed by atoms with E-state index in [2.05, 4.69) is 15.5 Å². The van der Waals surface area contributed by atoms with E-state index < -0.39 is 5.91 Å². The first kappa shape index (κ1) is 24.5. The number of hydrogen-bond donors (Lipinski definition) is 2. The number of anilines is 2. The minimum atomic E-state index is -0.427. The topological polar surface area (TPSA) is 83.1 Å². The van der Waals surface area contributed by atoms with E-state index >= 15 is 0 Å². The third kappa shape index (κ3) is 5.72. The monoisotopic (exact) mass is 510 g/mol. The average Bonchev–Trinajstić information content (AvgIpc) is 3.43. The van der Waals surface area contributed by atoms with Gasteiger partial charge < -0.3 is 24.6 Å². The van der Waals surface area contributed by atoms with Crippen molar-refractivity contribution in [3.8, 4) is 11.5 Å². The van der Waals surface area contributed by atoms with Gasteiger partial charge in [0, 0.05) is 37.6 Å². The first-order valence-corrected chi connectivity index (χ1v) is 12.3. The molecule has 2 heterocycles. The van der Waals surface area contributed by atoms with Crippen LogP contribution in [0.2, 0.25) is 0 Å². The highest BCUT2D eigenvalue weighted by Gasteiger charge is 2.23. The molecule has 0 aliphatic carbocycles. The fourth-order valence-electron chi connectivity index (χ4n) is 3.88. The molecule has 8 nitrogen and oxygen atoms in total. The molecule has 2 amide bonds. The highest BCUT2D eigenvalue weighted by atomic mass is 32.1. The number of benzene rings is 2. The third-order valence-electron chi connectivity index (χ3n) is 5.67. The standard InChI is InChI=1S/C25H26N4O4S2/c1-32-19-5-3-6-20(33-2)22(19)23(30)27-25(34)26-17-8-10-18(11-9-17)28-12-14-29(15-13-28)24(31)21-7-4-16-35-21/h3-11,16H,12-15H2,1-2H3,(H2,26,27,30,34). The summed E-state index contributed by atoms with van der Waals surface area (Å²) in [7, 11) is 2.98. The number of carbonyl (C=O) groups excluding carboxylic acids is 2. The van der Waals surface area contributed by atoms with E-state index in [1.807, 2.05) is 46.7 Å². The molecule has 1 aliphatic heterocycles. The molecule has 0 spiro atoms. The van der Waals surface area contributed by atoms with Gasteiger partial charge in [0.2, 0.25) is 0 Å². The lowest BCUT2D eigenvalue weighted by Crippen LogP contribution is -2.48. The molecule has 35 heavy (non-hydrogen) atoms. The molecule has 1 saturated heterocycles. The molecule has 1 aromatic heterocycles. The lowest BCUT2D eigenvalue weighted by atomic mass is 10.1. The Hall–Kier alpha value is -3.63. The van der Waals surface area contributed by atoms with Gasteiger partial charge in [-0.25, -0.2) is 0 Å². The predicted octanol–water partition coefficient (Wildman–Crippen LogP) is 3.85. The van der Waals surface area contributed by atoms with Crippen LogP contribution in [-0.2, 0) is 0 Å². The summed E-state index contributed by atoms with van der Waals surface area (Å²) in [6.45, 7) is 2.89. The Kier molecular flexibility index (Phi) is 7.84. The summed E-state index contributed by atoms with van der Waals surface area (Å²) in [5, 5.41) is 7.79. The van der Waals surface area contributed by atoms with Gasteiger partial charge in [0.25, 0.3) is 11.8 Å². The Morgan fingerprint density at radius 1 is 0.914 bits per heavy atom. The molecule has 1 aliphatic rings. The summed E-state index contributed by atoms with van der Waals surface area (Å²) in [5.74, 6) is 0.460. The number of amides is 2. The molecule has 3 aromatic rings. The molecule has 0 bridgehead atoms. The number of piperazine rings is 1. The van der Waals surface area contributed by atoms with Crippen molar-refractivity contribution in [2.24, 2.45) is 0 Å². The Morgan fingerprint density at radius 2 is 1.57 bits per heavy atom. The van der Waals surface area contributed by atoms with Crippen LogP contribution in [0, 0.1) is 0 Å². The molecule has 1 fully saturated rings. The van der Waals surface area contributed by atoms with Crippen LogP contribution >= 0.6 is 23.6 Å². The highest BCUT2D eigenvalue weighted by molar-refractivity contribution is 7.80. The SMILES string of the molecule is COc1cccc(OC)c1C(=O)NC(=S)Nc1ccc(N2CCN(C(=O)c3cccs3)CC2)cc1. The van der Waals surface area contributed by atoms with Gasteiger partial charge in [-0.05, 0) is 60.1 Å². The molecule has 182 valence electrons. The molecule has 0 unspecified atom stereocenters. The summed E-state index contributed by atoms with van der Waals surface area (Å²) >= 11 is 6.80. The Bertz CT molecular complexity index is 1170. The lowest BCUT2D eigenvalue weighted by Gasteiger charge is -2.36. The van der Waals surface area contributed by atoms with E-state index in [0.717, 1.165) is 29.3 Å². The van der Waals surface area contributed by atoms with E-state index in [1.165, 1.54) is 25.6 Å². The van der Waals surface area contributed by atoms with Crippen molar-refractivity contribution in [1.29, 1.82) is 0 Å². The maximum Gasteiger partial charge on any atom is 0.264 e. The maximum atomic E-state index is 12.8. The number of thiophene rings is 1. The van der Waals surface area contributed by atoms with Crippen LogP contribution in [0.15, 0.2) is 60.0 Å². The first-order chi connectivity index (χ1) is 17.0. The van der Waals surface area contributed by atoms with Crippen LogP contribution in [-0.4, -0.2) is 62.2 Å². The van der Waals surface area contributed by atoms with Gasteiger partial charge in [0.15, 0.2) is 5.11 Å². The fraction of sp³-hybridized carbons (Fsp3) is 0.240. The van der Waals surface area contributed by atoms with Gasteiger partial charge in [-0.2, -0.15) is 0 Å². The molecule has 4 rings (SSSR count). The zero-order valence-electron chi connectivity index (χ0n) is 19.4. The number of nitrogens with zero attached hydrogens (tertiary/aromatic N) is 2. The third-order valence-corrected chi connectivity index (χ3v) is 6.73. The number of thiocarbonyl (C=S) groups is 1. The second-order valence-electron chi connectivity index (χ2n) is 7.75. The van der Waals surface area contributed by atoms with Crippen LogP contribution in [0.4, 0.5) is 11.4 Å². The zero-order chi connectivity index (χ0) is 24.8. The predicted molar refractivity (Wildman–Crippen MR) is 142 cm³/mol. The van der Waals surface area contributed by atoms with Crippen LogP contribution in [0.25, 0.3) is 0 Å². The quantitative estimate of drug-likeness (QED) is 0.488. The largest absolute Gasteiger partial charge is 0.496 e.